The fraction of sp³-hybridized carbons (Fsp3) is 0.235. The topological polar surface area (TPSA) is 96.0 Å². The van der Waals surface area contributed by atoms with Crippen LogP contribution in [0.1, 0.15) is 23.6 Å². The van der Waals surface area contributed by atoms with Crippen LogP contribution in [0, 0.1) is 6.92 Å². The first-order chi connectivity index (χ1) is 21.1. The predicted molar refractivity (Wildman–Crippen MR) is 176 cm³/mol. The number of carbonyl (C=O) groups is 2. The largest absolute Gasteiger partial charge is 0.494 e. The highest BCUT2D eigenvalue weighted by molar-refractivity contribution is 9.10. The monoisotopic (exact) mass is 677 g/mol. The molecule has 0 saturated heterocycles. The Morgan fingerprint density at radius 1 is 0.886 bits per heavy atom. The smallest absolute Gasteiger partial charge is 0.264 e. The number of halogens is 1. The van der Waals surface area contributed by atoms with Gasteiger partial charge < -0.3 is 15.0 Å². The Morgan fingerprint density at radius 2 is 1.55 bits per heavy atom. The van der Waals surface area contributed by atoms with Gasteiger partial charge in [0.2, 0.25) is 11.8 Å². The number of ether oxygens (including phenoxy) is 1. The van der Waals surface area contributed by atoms with Crippen molar-refractivity contribution in [3.05, 3.63) is 124 Å². The molecule has 0 spiro atoms. The number of benzene rings is 4. The van der Waals surface area contributed by atoms with Crippen molar-refractivity contribution >= 4 is 43.5 Å². The van der Waals surface area contributed by atoms with E-state index in [1.807, 2.05) is 68.4 Å². The number of sulfonamides is 1. The van der Waals surface area contributed by atoms with Gasteiger partial charge >= 0.3 is 0 Å². The highest BCUT2D eigenvalue weighted by Gasteiger charge is 2.34. The van der Waals surface area contributed by atoms with Gasteiger partial charge in [-0.1, -0.05) is 76.1 Å². The second kappa shape index (κ2) is 15.0. The third kappa shape index (κ3) is 8.27. The van der Waals surface area contributed by atoms with Gasteiger partial charge in [-0.05, 0) is 73.5 Å². The summed E-state index contributed by atoms with van der Waals surface area (Å²) in [6, 6.07) is 29.0. The summed E-state index contributed by atoms with van der Waals surface area (Å²) in [5.41, 5.74) is 2.99. The van der Waals surface area contributed by atoms with Crippen LogP contribution >= 0.6 is 15.9 Å². The maximum atomic E-state index is 14.4. The molecule has 0 radical (unpaired) electrons. The zero-order chi connectivity index (χ0) is 31.7. The van der Waals surface area contributed by atoms with Gasteiger partial charge in [-0.2, -0.15) is 0 Å². The van der Waals surface area contributed by atoms with Gasteiger partial charge in [0, 0.05) is 24.5 Å². The summed E-state index contributed by atoms with van der Waals surface area (Å²) in [6.07, 6.45) is 0.251. The predicted octanol–water partition coefficient (Wildman–Crippen LogP) is 5.74. The van der Waals surface area contributed by atoms with E-state index >= 15 is 0 Å². The second-order valence-electron chi connectivity index (χ2n) is 10.2. The Bertz CT molecular complexity index is 1660. The molecule has 10 heteroatoms. The number of amides is 2. The summed E-state index contributed by atoms with van der Waals surface area (Å²) in [5.74, 6) is -0.295. The molecule has 8 nitrogen and oxygen atoms in total. The molecule has 0 fully saturated rings. The van der Waals surface area contributed by atoms with Crippen LogP contribution in [0.5, 0.6) is 5.75 Å². The Kier molecular flexibility index (Phi) is 11.2. The summed E-state index contributed by atoms with van der Waals surface area (Å²) >= 11 is 3.36. The third-order valence-electron chi connectivity index (χ3n) is 7.07. The molecule has 44 heavy (non-hydrogen) atoms. The molecule has 0 unspecified atom stereocenters. The molecule has 1 atom stereocenters. The maximum Gasteiger partial charge on any atom is 0.264 e. The van der Waals surface area contributed by atoms with Gasteiger partial charge in [-0.15, -0.1) is 0 Å². The fourth-order valence-electron chi connectivity index (χ4n) is 4.87. The number of nitrogens with one attached hydrogen (secondary N) is 1. The Labute approximate surface area is 267 Å². The SMILES string of the molecule is CCOc1ccc(N(CC(=O)N(Cc2cccc(C)c2)[C@H](Cc2ccccc2)C(=O)NC)S(=O)(=O)c2ccc(Br)cc2)cc1. The molecule has 0 saturated carbocycles. The number of carbonyl (C=O) groups excluding carboxylic acids is 2. The molecule has 0 aliphatic heterocycles. The summed E-state index contributed by atoms with van der Waals surface area (Å²) in [7, 11) is -2.66. The number of aryl methyl sites for hydroxylation is 1. The van der Waals surface area contributed by atoms with Gasteiger partial charge in [0.25, 0.3) is 10.0 Å². The maximum absolute atomic E-state index is 14.4. The first kappa shape index (κ1) is 32.8. The normalized spacial score (nSPS) is 11.8. The van der Waals surface area contributed by atoms with Gasteiger partial charge in [0.15, 0.2) is 0 Å². The number of rotatable bonds is 13. The molecule has 0 aliphatic rings. The first-order valence-corrected chi connectivity index (χ1v) is 16.5. The van der Waals surface area contributed by atoms with Crippen molar-refractivity contribution in [1.82, 2.24) is 10.2 Å². The molecule has 0 heterocycles. The minimum atomic E-state index is -4.19. The number of nitrogens with zero attached hydrogens (tertiary/aromatic N) is 2. The highest BCUT2D eigenvalue weighted by Crippen LogP contribution is 2.28. The van der Waals surface area contributed by atoms with Crippen LogP contribution in [-0.2, 0) is 32.6 Å². The van der Waals surface area contributed by atoms with Crippen LogP contribution in [-0.4, -0.2) is 51.4 Å². The van der Waals surface area contributed by atoms with E-state index in [1.54, 1.807) is 36.4 Å². The van der Waals surface area contributed by atoms with E-state index in [4.69, 9.17) is 4.74 Å². The van der Waals surface area contributed by atoms with Crippen LogP contribution in [0.4, 0.5) is 5.69 Å². The molecule has 4 aromatic carbocycles. The van der Waals surface area contributed by atoms with Gasteiger partial charge in [-0.25, -0.2) is 8.42 Å². The van der Waals surface area contributed by atoms with Crippen molar-refractivity contribution in [2.75, 3.05) is 24.5 Å². The van der Waals surface area contributed by atoms with Gasteiger partial charge in [-0.3, -0.25) is 13.9 Å². The second-order valence-corrected chi connectivity index (χ2v) is 13.0. The summed E-state index contributed by atoms with van der Waals surface area (Å²) < 4.78 is 35.6. The molecular formula is C34H36BrN3O5S. The van der Waals surface area contributed by atoms with Crippen LogP contribution in [0.2, 0.25) is 0 Å². The highest BCUT2D eigenvalue weighted by atomic mass is 79.9. The third-order valence-corrected chi connectivity index (χ3v) is 9.39. The molecule has 2 amide bonds. The Hall–Kier alpha value is -4.15. The number of anilines is 1. The number of hydrogen-bond acceptors (Lipinski definition) is 5. The van der Waals surface area contributed by atoms with E-state index in [-0.39, 0.29) is 23.8 Å². The molecule has 0 bridgehead atoms. The standard InChI is InChI=1S/C34H36BrN3O5S/c1-4-43-30-17-15-29(16-18-30)38(44(41,42)31-19-13-28(35)14-20-31)24-33(39)37(23-27-12-8-9-25(2)21-27)32(34(40)36-3)22-26-10-6-5-7-11-26/h5-21,32H,4,22-24H2,1-3H3,(H,36,40)/t32-/m1/s1. The average molecular weight is 679 g/mol. The van der Waals surface area contributed by atoms with E-state index in [9.17, 15) is 18.0 Å². The van der Waals surface area contributed by atoms with Crippen LogP contribution in [0.25, 0.3) is 0 Å². The zero-order valence-electron chi connectivity index (χ0n) is 24.9. The first-order valence-electron chi connectivity index (χ1n) is 14.2. The minimum Gasteiger partial charge on any atom is -0.494 e. The molecule has 1 N–H and O–H groups in total. The number of hydrogen-bond donors (Lipinski definition) is 1. The molecular weight excluding hydrogens is 642 g/mol. The lowest BCUT2D eigenvalue weighted by molar-refractivity contribution is -0.139. The van der Waals surface area contributed by atoms with Crippen molar-refractivity contribution in [3.8, 4) is 5.75 Å². The van der Waals surface area contributed by atoms with Crippen molar-refractivity contribution < 1.29 is 22.7 Å². The van der Waals surface area contributed by atoms with Crippen molar-refractivity contribution in [1.29, 1.82) is 0 Å². The van der Waals surface area contributed by atoms with Crippen molar-refractivity contribution in [2.24, 2.45) is 0 Å². The van der Waals surface area contributed by atoms with E-state index in [0.717, 1.165) is 25.5 Å². The van der Waals surface area contributed by atoms with Crippen LogP contribution in [0.3, 0.4) is 0 Å². The molecule has 0 aliphatic carbocycles. The van der Waals surface area contributed by atoms with E-state index in [1.165, 1.54) is 24.1 Å². The lowest BCUT2D eigenvalue weighted by Gasteiger charge is -2.33. The summed E-state index contributed by atoms with van der Waals surface area (Å²) in [5, 5.41) is 2.70. The van der Waals surface area contributed by atoms with Crippen LogP contribution in [0.15, 0.2) is 112 Å². The van der Waals surface area contributed by atoms with E-state index in [0.29, 0.717) is 18.0 Å². The summed E-state index contributed by atoms with van der Waals surface area (Å²) in [4.78, 5) is 29.2. The van der Waals surface area contributed by atoms with Gasteiger partial charge in [0.05, 0.1) is 17.2 Å². The van der Waals surface area contributed by atoms with E-state index in [2.05, 4.69) is 21.2 Å². The zero-order valence-corrected chi connectivity index (χ0v) is 27.3. The Balaban J connectivity index is 1.78. The fourth-order valence-corrected chi connectivity index (χ4v) is 6.54. The van der Waals surface area contributed by atoms with Crippen LogP contribution < -0.4 is 14.4 Å². The average Bonchev–Trinajstić information content (AvgIpc) is 3.02. The molecule has 0 aromatic heterocycles. The lowest BCUT2D eigenvalue weighted by Crippen LogP contribution is -2.53. The lowest BCUT2D eigenvalue weighted by atomic mass is 10.0. The quantitative estimate of drug-likeness (QED) is 0.195. The van der Waals surface area contributed by atoms with E-state index < -0.39 is 28.5 Å². The number of likely N-dealkylation sites (N-methyl/N-ethyl adjacent to an activating group) is 1. The van der Waals surface area contributed by atoms with Crippen molar-refractivity contribution in [3.63, 3.8) is 0 Å². The van der Waals surface area contributed by atoms with Gasteiger partial charge in [0.1, 0.15) is 18.3 Å². The molecule has 230 valence electrons. The Morgan fingerprint density at radius 3 is 2.16 bits per heavy atom. The van der Waals surface area contributed by atoms with Crippen molar-refractivity contribution in [2.45, 2.75) is 37.8 Å². The summed E-state index contributed by atoms with van der Waals surface area (Å²) in [6.45, 7) is 3.85. The molecule has 4 aromatic rings. The molecule has 4 rings (SSSR count). The minimum absolute atomic E-state index is 0.0276.